The second-order valence-corrected chi connectivity index (χ2v) is 7.00. The molecule has 4 rings (SSSR count). The topological polar surface area (TPSA) is 83.5 Å². The molecule has 0 atom stereocenters. The van der Waals surface area contributed by atoms with Gasteiger partial charge in [-0.15, -0.1) is 0 Å². The van der Waals surface area contributed by atoms with Crippen molar-refractivity contribution in [3.05, 3.63) is 53.8 Å². The van der Waals surface area contributed by atoms with Gasteiger partial charge in [-0.2, -0.15) is 5.26 Å². The molecule has 0 saturated carbocycles. The van der Waals surface area contributed by atoms with E-state index < -0.39 is 0 Å². The molecule has 27 heavy (non-hydrogen) atoms. The van der Waals surface area contributed by atoms with Crippen LogP contribution in [0, 0.1) is 18.3 Å². The van der Waals surface area contributed by atoms with Crippen molar-refractivity contribution in [1.29, 1.82) is 5.26 Å². The number of hydrogen-bond donors (Lipinski definition) is 0. The Balaban J connectivity index is 1.74. The highest BCUT2D eigenvalue weighted by molar-refractivity contribution is 5.66. The Kier molecular flexibility index (Phi) is 4.32. The van der Waals surface area contributed by atoms with E-state index in [1.807, 2.05) is 18.3 Å². The maximum atomic E-state index is 8.90. The number of fused-ring (bicyclic) bond motifs is 1. The van der Waals surface area contributed by atoms with Crippen molar-refractivity contribution in [2.75, 3.05) is 11.4 Å². The van der Waals surface area contributed by atoms with Crippen LogP contribution in [0.2, 0.25) is 0 Å². The lowest BCUT2D eigenvalue weighted by molar-refractivity contribution is 0.559. The van der Waals surface area contributed by atoms with Crippen LogP contribution < -0.4 is 4.90 Å². The Morgan fingerprint density at radius 1 is 1.15 bits per heavy atom. The quantitative estimate of drug-likeness (QED) is 0.715. The number of pyridine rings is 1. The van der Waals surface area contributed by atoms with Crippen molar-refractivity contribution in [2.45, 2.75) is 39.8 Å². The van der Waals surface area contributed by atoms with Gasteiger partial charge < -0.3 is 9.47 Å². The van der Waals surface area contributed by atoms with Crippen LogP contribution in [0.3, 0.4) is 0 Å². The van der Waals surface area contributed by atoms with Crippen LogP contribution in [-0.4, -0.2) is 31.0 Å². The molecule has 0 radical (unpaired) electrons. The Morgan fingerprint density at radius 3 is 2.63 bits per heavy atom. The molecule has 4 heterocycles. The van der Waals surface area contributed by atoms with Crippen molar-refractivity contribution in [1.82, 2.24) is 24.5 Å². The zero-order chi connectivity index (χ0) is 19.0. The SMILES string of the molecule is Cc1nc(-c2cccnc2C(C)C)c2n1CCN(c1cnc(C#N)nc1)C2. The number of aromatic nitrogens is 5. The van der Waals surface area contributed by atoms with Gasteiger partial charge in [0, 0.05) is 24.8 Å². The van der Waals surface area contributed by atoms with Crippen LogP contribution in [0.25, 0.3) is 11.3 Å². The van der Waals surface area contributed by atoms with E-state index in [0.717, 1.165) is 48.1 Å². The molecule has 0 saturated heterocycles. The summed E-state index contributed by atoms with van der Waals surface area (Å²) >= 11 is 0. The predicted molar refractivity (Wildman–Crippen MR) is 102 cm³/mol. The average Bonchev–Trinajstić information content (AvgIpc) is 3.04. The molecular weight excluding hydrogens is 338 g/mol. The zero-order valence-electron chi connectivity index (χ0n) is 15.7. The molecule has 7 heteroatoms. The Bertz CT molecular complexity index is 1010. The molecule has 0 amide bonds. The van der Waals surface area contributed by atoms with Gasteiger partial charge in [0.05, 0.1) is 41.7 Å². The molecule has 136 valence electrons. The number of aryl methyl sites for hydroxylation is 1. The third-order valence-corrected chi connectivity index (χ3v) is 4.94. The maximum Gasteiger partial charge on any atom is 0.232 e. The standard InChI is InChI=1S/C20H21N7/c1-13(2)19-16(5-4-6-22-19)20-17-12-26(7-8-27(17)14(3)25-20)15-10-23-18(9-21)24-11-15/h4-6,10-11,13H,7-8,12H2,1-3H3. The van der Waals surface area contributed by atoms with Crippen LogP contribution in [0.5, 0.6) is 0 Å². The summed E-state index contributed by atoms with van der Waals surface area (Å²) in [5, 5.41) is 8.90. The van der Waals surface area contributed by atoms with Gasteiger partial charge in [-0.25, -0.2) is 15.0 Å². The van der Waals surface area contributed by atoms with Crippen LogP contribution in [0.15, 0.2) is 30.7 Å². The van der Waals surface area contributed by atoms with E-state index in [4.69, 9.17) is 10.2 Å². The Morgan fingerprint density at radius 2 is 1.93 bits per heavy atom. The number of anilines is 1. The van der Waals surface area contributed by atoms with Crippen molar-refractivity contribution >= 4 is 5.69 Å². The van der Waals surface area contributed by atoms with E-state index in [1.54, 1.807) is 12.4 Å². The number of hydrogen-bond acceptors (Lipinski definition) is 6. The second kappa shape index (κ2) is 6.80. The number of imidazole rings is 1. The molecule has 0 spiro atoms. The normalized spacial score (nSPS) is 13.5. The first-order valence-electron chi connectivity index (χ1n) is 9.07. The Hall–Kier alpha value is -3.27. The predicted octanol–water partition coefficient (Wildman–Crippen LogP) is 3.06. The number of nitrogens with zero attached hydrogens (tertiary/aromatic N) is 7. The van der Waals surface area contributed by atoms with Gasteiger partial charge in [-0.1, -0.05) is 13.8 Å². The minimum atomic E-state index is 0.189. The summed E-state index contributed by atoms with van der Waals surface area (Å²) in [6.07, 6.45) is 5.27. The van der Waals surface area contributed by atoms with Gasteiger partial charge in [0.2, 0.25) is 5.82 Å². The van der Waals surface area contributed by atoms with E-state index in [0.29, 0.717) is 5.92 Å². The fourth-order valence-electron chi connectivity index (χ4n) is 3.60. The molecule has 0 fully saturated rings. The summed E-state index contributed by atoms with van der Waals surface area (Å²) in [5.41, 5.74) is 5.27. The molecule has 0 aliphatic carbocycles. The smallest absolute Gasteiger partial charge is 0.232 e. The van der Waals surface area contributed by atoms with Gasteiger partial charge in [0.15, 0.2) is 0 Å². The zero-order valence-corrected chi connectivity index (χ0v) is 15.7. The molecule has 0 aromatic carbocycles. The summed E-state index contributed by atoms with van der Waals surface area (Å²) in [7, 11) is 0. The second-order valence-electron chi connectivity index (χ2n) is 7.00. The van der Waals surface area contributed by atoms with E-state index in [-0.39, 0.29) is 5.82 Å². The number of rotatable bonds is 3. The lowest BCUT2D eigenvalue weighted by Crippen LogP contribution is -2.34. The van der Waals surface area contributed by atoms with Crippen molar-refractivity contribution in [3.63, 3.8) is 0 Å². The summed E-state index contributed by atoms with van der Waals surface area (Å²) in [6, 6.07) is 6.04. The largest absolute Gasteiger partial charge is 0.361 e. The fraction of sp³-hybridized carbons (Fsp3) is 0.350. The molecule has 7 nitrogen and oxygen atoms in total. The van der Waals surface area contributed by atoms with E-state index in [2.05, 4.69) is 51.3 Å². The van der Waals surface area contributed by atoms with Gasteiger partial charge in [0.1, 0.15) is 11.9 Å². The van der Waals surface area contributed by atoms with Crippen LogP contribution in [0.4, 0.5) is 5.69 Å². The van der Waals surface area contributed by atoms with Crippen molar-refractivity contribution in [3.8, 4) is 17.3 Å². The average molecular weight is 359 g/mol. The van der Waals surface area contributed by atoms with Crippen LogP contribution >= 0.6 is 0 Å². The number of nitriles is 1. The molecule has 0 unspecified atom stereocenters. The lowest BCUT2D eigenvalue weighted by atomic mass is 10.00. The third-order valence-electron chi connectivity index (χ3n) is 4.94. The van der Waals surface area contributed by atoms with Gasteiger partial charge >= 0.3 is 0 Å². The van der Waals surface area contributed by atoms with Crippen LogP contribution in [-0.2, 0) is 13.1 Å². The summed E-state index contributed by atoms with van der Waals surface area (Å²) in [6.45, 7) is 8.79. The summed E-state index contributed by atoms with van der Waals surface area (Å²) < 4.78 is 2.29. The van der Waals surface area contributed by atoms with Crippen LogP contribution in [0.1, 0.15) is 42.8 Å². The minimum absolute atomic E-state index is 0.189. The molecule has 3 aromatic heterocycles. The monoisotopic (exact) mass is 359 g/mol. The van der Waals surface area contributed by atoms with E-state index in [1.165, 1.54) is 5.69 Å². The van der Waals surface area contributed by atoms with Gasteiger partial charge in [-0.3, -0.25) is 4.98 Å². The third kappa shape index (κ3) is 3.04. The van der Waals surface area contributed by atoms with Crippen molar-refractivity contribution in [2.24, 2.45) is 0 Å². The molecule has 0 N–H and O–H groups in total. The minimum Gasteiger partial charge on any atom is -0.361 e. The molecule has 3 aromatic rings. The highest BCUT2D eigenvalue weighted by atomic mass is 15.2. The van der Waals surface area contributed by atoms with Crippen molar-refractivity contribution < 1.29 is 0 Å². The highest BCUT2D eigenvalue weighted by Gasteiger charge is 2.25. The first-order chi connectivity index (χ1) is 13.1. The fourth-order valence-corrected chi connectivity index (χ4v) is 3.60. The summed E-state index contributed by atoms with van der Waals surface area (Å²) in [4.78, 5) is 19.9. The lowest BCUT2D eigenvalue weighted by Gasteiger charge is -2.30. The Labute approximate surface area is 158 Å². The molecule has 1 aliphatic heterocycles. The van der Waals surface area contributed by atoms with Gasteiger partial charge in [-0.05, 0) is 25.0 Å². The van der Waals surface area contributed by atoms with E-state index >= 15 is 0 Å². The maximum absolute atomic E-state index is 8.90. The first kappa shape index (κ1) is 17.2. The molecule has 0 bridgehead atoms. The summed E-state index contributed by atoms with van der Waals surface area (Å²) in [5.74, 6) is 1.54. The first-order valence-corrected chi connectivity index (χ1v) is 9.07. The molecular formula is C20H21N7. The van der Waals surface area contributed by atoms with Gasteiger partial charge in [0.25, 0.3) is 0 Å². The molecule has 1 aliphatic rings. The van der Waals surface area contributed by atoms with E-state index in [9.17, 15) is 0 Å². The highest BCUT2D eigenvalue weighted by Crippen LogP contribution is 2.33.